The summed E-state index contributed by atoms with van der Waals surface area (Å²) in [6, 6.07) is 8.09. The van der Waals surface area contributed by atoms with E-state index in [1.807, 2.05) is 18.2 Å². The van der Waals surface area contributed by atoms with Crippen molar-refractivity contribution in [2.45, 2.75) is 25.7 Å². The molecule has 2 heterocycles. The van der Waals surface area contributed by atoms with Gasteiger partial charge in [-0.05, 0) is 37.9 Å². The molecule has 2 aromatic rings. The molecule has 1 aliphatic rings. The first-order valence-electron chi connectivity index (χ1n) is 6.45. The van der Waals surface area contributed by atoms with Crippen LogP contribution in [0.2, 0.25) is 0 Å². The van der Waals surface area contributed by atoms with Gasteiger partial charge in [0.25, 0.3) is 0 Å². The molecule has 1 fully saturated rings. The van der Waals surface area contributed by atoms with Crippen LogP contribution in [0, 0.1) is 6.92 Å². The zero-order valence-electron chi connectivity index (χ0n) is 10.5. The van der Waals surface area contributed by atoms with Crippen molar-refractivity contribution in [1.29, 1.82) is 0 Å². The molecule has 3 rings (SSSR count). The Bertz CT molecular complexity index is 529. The van der Waals surface area contributed by atoms with E-state index in [-0.39, 0.29) is 0 Å². The molecule has 0 radical (unpaired) electrons. The van der Waals surface area contributed by atoms with Crippen LogP contribution >= 0.6 is 0 Å². The maximum atomic E-state index is 5.83. The van der Waals surface area contributed by atoms with Crippen LogP contribution in [0.3, 0.4) is 0 Å². The van der Waals surface area contributed by atoms with Crippen molar-refractivity contribution in [3.8, 4) is 11.5 Å². The predicted octanol–water partition coefficient (Wildman–Crippen LogP) is 2.51. The number of aryl methyl sites for hydroxylation is 1. The molecule has 94 valence electrons. The number of piperidine rings is 1. The van der Waals surface area contributed by atoms with Crippen molar-refractivity contribution >= 4 is 0 Å². The average molecular weight is 243 g/mol. The fourth-order valence-corrected chi connectivity index (χ4v) is 2.38. The molecule has 1 unspecified atom stereocenters. The van der Waals surface area contributed by atoms with Crippen LogP contribution in [0.1, 0.15) is 30.2 Å². The number of nitrogens with one attached hydrogen (secondary N) is 1. The molecule has 4 heteroatoms. The van der Waals surface area contributed by atoms with Gasteiger partial charge in [-0.25, -0.2) is 0 Å². The number of hydrogen-bond donors (Lipinski definition) is 1. The first-order chi connectivity index (χ1) is 8.84. The van der Waals surface area contributed by atoms with Gasteiger partial charge in [-0.3, -0.25) is 0 Å². The zero-order chi connectivity index (χ0) is 12.4. The van der Waals surface area contributed by atoms with Gasteiger partial charge in [0.15, 0.2) is 0 Å². The molecule has 1 N–H and O–H groups in total. The Labute approximate surface area is 106 Å². The number of benzene rings is 1. The molecule has 1 atom stereocenters. The summed E-state index contributed by atoms with van der Waals surface area (Å²) in [5.74, 6) is 1.76. The average Bonchev–Trinajstić information content (AvgIpc) is 2.90. The van der Waals surface area contributed by atoms with Gasteiger partial charge >= 0.3 is 0 Å². The van der Waals surface area contributed by atoms with E-state index in [1.165, 1.54) is 6.42 Å². The summed E-state index contributed by atoms with van der Waals surface area (Å²) in [5.41, 5.74) is 2.19. The summed E-state index contributed by atoms with van der Waals surface area (Å²) in [6.07, 6.45) is 2.30. The molecule has 0 amide bonds. The quantitative estimate of drug-likeness (QED) is 0.880. The molecular weight excluding hydrogens is 226 g/mol. The van der Waals surface area contributed by atoms with E-state index in [0.29, 0.717) is 11.8 Å². The Kier molecular flexibility index (Phi) is 3.11. The number of aromatic nitrogens is 2. The fraction of sp³-hybridized carbons (Fsp3) is 0.429. The van der Waals surface area contributed by atoms with Gasteiger partial charge in [0.2, 0.25) is 11.8 Å². The minimum absolute atomic E-state index is 0.365. The zero-order valence-corrected chi connectivity index (χ0v) is 10.5. The Balaban J connectivity index is 1.87. The number of rotatable bonds is 2. The third kappa shape index (κ3) is 2.16. The second kappa shape index (κ2) is 4.90. The van der Waals surface area contributed by atoms with Crippen molar-refractivity contribution in [2.24, 2.45) is 0 Å². The Hall–Kier alpha value is -1.68. The standard InChI is InChI=1S/C14H17N3O/c1-10-5-2-3-7-12(10)14-17-16-13(18-14)11-6-4-8-15-9-11/h2-3,5,7,11,15H,4,6,8-9H2,1H3. The highest BCUT2D eigenvalue weighted by molar-refractivity contribution is 5.57. The highest BCUT2D eigenvalue weighted by Gasteiger charge is 2.21. The van der Waals surface area contributed by atoms with Crippen molar-refractivity contribution < 1.29 is 4.42 Å². The van der Waals surface area contributed by atoms with E-state index in [4.69, 9.17) is 4.42 Å². The van der Waals surface area contributed by atoms with Gasteiger partial charge in [-0.1, -0.05) is 18.2 Å². The molecule has 4 nitrogen and oxygen atoms in total. The molecular formula is C14H17N3O. The van der Waals surface area contributed by atoms with Crippen molar-refractivity contribution in [1.82, 2.24) is 15.5 Å². The van der Waals surface area contributed by atoms with Crippen LogP contribution in [0.25, 0.3) is 11.5 Å². The van der Waals surface area contributed by atoms with E-state index in [1.54, 1.807) is 0 Å². The molecule has 0 aliphatic carbocycles. The van der Waals surface area contributed by atoms with Crippen molar-refractivity contribution in [3.63, 3.8) is 0 Å². The molecule has 0 bridgehead atoms. The lowest BCUT2D eigenvalue weighted by Crippen LogP contribution is -2.28. The Morgan fingerprint density at radius 2 is 2.17 bits per heavy atom. The van der Waals surface area contributed by atoms with Gasteiger partial charge in [0.1, 0.15) is 0 Å². The molecule has 1 aromatic heterocycles. The summed E-state index contributed by atoms with van der Waals surface area (Å²) in [5, 5.41) is 11.7. The topological polar surface area (TPSA) is 51.0 Å². The van der Waals surface area contributed by atoms with E-state index in [9.17, 15) is 0 Å². The fourth-order valence-electron chi connectivity index (χ4n) is 2.38. The third-order valence-corrected chi connectivity index (χ3v) is 3.46. The normalized spacial score (nSPS) is 19.9. The SMILES string of the molecule is Cc1ccccc1-c1nnc(C2CCCNC2)o1. The first kappa shape index (κ1) is 11.4. The summed E-state index contributed by atoms with van der Waals surface area (Å²) < 4.78 is 5.83. The van der Waals surface area contributed by atoms with Crippen LogP contribution in [0.15, 0.2) is 28.7 Å². The lowest BCUT2D eigenvalue weighted by atomic mass is 10.00. The largest absolute Gasteiger partial charge is 0.420 e. The highest BCUT2D eigenvalue weighted by atomic mass is 16.4. The van der Waals surface area contributed by atoms with Gasteiger partial charge in [0.05, 0.1) is 0 Å². The van der Waals surface area contributed by atoms with Crippen LogP contribution in [-0.4, -0.2) is 23.3 Å². The van der Waals surface area contributed by atoms with Gasteiger partial charge in [-0.15, -0.1) is 10.2 Å². The van der Waals surface area contributed by atoms with Gasteiger partial charge in [-0.2, -0.15) is 0 Å². The summed E-state index contributed by atoms with van der Waals surface area (Å²) >= 11 is 0. The van der Waals surface area contributed by atoms with Crippen LogP contribution < -0.4 is 5.32 Å². The number of hydrogen-bond acceptors (Lipinski definition) is 4. The second-order valence-corrected chi connectivity index (χ2v) is 4.80. The lowest BCUT2D eigenvalue weighted by molar-refractivity contribution is 0.380. The lowest BCUT2D eigenvalue weighted by Gasteiger charge is -2.18. The Morgan fingerprint density at radius 3 is 2.94 bits per heavy atom. The molecule has 1 aliphatic heterocycles. The molecule has 0 spiro atoms. The van der Waals surface area contributed by atoms with Crippen LogP contribution in [0.4, 0.5) is 0 Å². The van der Waals surface area contributed by atoms with Gasteiger partial charge in [0, 0.05) is 18.0 Å². The van der Waals surface area contributed by atoms with E-state index in [2.05, 4.69) is 28.5 Å². The summed E-state index contributed by atoms with van der Waals surface area (Å²) in [7, 11) is 0. The van der Waals surface area contributed by atoms with Crippen molar-refractivity contribution in [3.05, 3.63) is 35.7 Å². The van der Waals surface area contributed by atoms with Crippen LogP contribution in [0.5, 0.6) is 0 Å². The Morgan fingerprint density at radius 1 is 1.28 bits per heavy atom. The van der Waals surface area contributed by atoms with Gasteiger partial charge < -0.3 is 9.73 Å². The molecule has 1 saturated heterocycles. The maximum absolute atomic E-state index is 5.83. The van der Waals surface area contributed by atoms with Crippen molar-refractivity contribution in [2.75, 3.05) is 13.1 Å². The van der Waals surface area contributed by atoms with E-state index in [0.717, 1.165) is 36.5 Å². The third-order valence-electron chi connectivity index (χ3n) is 3.46. The van der Waals surface area contributed by atoms with Crippen LogP contribution in [-0.2, 0) is 0 Å². The minimum Gasteiger partial charge on any atom is -0.420 e. The summed E-state index contributed by atoms with van der Waals surface area (Å²) in [6.45, 7) is 4.09. The smallest absolute Gasteiger partial charge is 0.248 e. The summed E-state index contributed by atoms with van der Waals surface area (Å²) in [4.78, 5) is 0. The maximum Gasteiger partial charge on any atom is 0.248 e. The van der Waals surface area contributed by atoms with E-state index >= 15 is 0 Å². The predicted molar refractivity (Wildman–Crippen MR) is 69.3 cm³/mol. The van der Waals surface area contributed by atoms with E-state index < -0.39 is 0 Å². The highest BCUT2D eigenvalue weighted by Crippen LogP contribution is 2.27. The second-order valence-electron chi connectivity index (χ2n) is 4.80. The number of nitrogens with zero attached hydrogens (tertiary/aromatic N) is 2. The molecule has 18 heavy (non-hydrogen) atoms. The minimum atomic E-state index is 0.365. The molecule has 0 saturated carbocycles. The first-order valence-corrected chi connectivity index (χ1v) is 6.45. The monoisotopic (exact) mass is 243 g/mol. The molecule has 1 aromatic carbocycles.